The van der Waals surface area contributed by atoms with Crippen LogP contribution in [0.15, 0.2) is 88.0 Å². The Hall–Kier alpha value is -3.93. The molecule has 0 bridgehead atoms. The minimum Gasteiger partial charge on any atom is -0.461 e. The van der Waals surface area contributed by atoms with Crippen LogP contribution in [0.25, 0.3) is 22.6 Å². The summed E-state index contributed by atoms with van der Waals surface area (Å²) in [6.07, 6.45) is 1.62. The molecule has 0 aliphatic rings. The molecule has 0 saturated heterocycles. The molecule has 30 heavy (non-hydrogen) atoms. The van der Waals surface area contributed by atoms with E-state index in [0.717, 1.165) is 11.1 Å². The van der Waals surface area contributed by atoms with E-state index < -0.39 is 5.97 Å². The van der Waals surface area contributed by atoms with Gasteiger partial charge in [0.15, 0.2) is 11.5 Å². The van der Waals surface area contributed by atoms with Crippen LogP contribution >= 0.6 is 0 Å². The Balaban J connectivity index is 1.25. The Morgan fingerprint density at radius 3 is 2.33 bits per heavy atom. The van der Waals surface area contributed by atoms with Gasteiger partial charge >= 0.3 is 5.97 Å². The Morgan fingerprint density at radius 2 is 1.60 bits per heavy atom. The molecule has 0 amide bonds. The number of carbonyl (C=O) groups is 2. The van der Waals surface area contributed by atoms with Crippen LogP contribution in [0.5, 0.6) is 0 Å². The second kappa shape index (κ2) is 9.05. The predicted octanol–water partition coefficient (Wildman–Crippen LogP) is 5.31. The van der Waals surface area contributed by atoms with Crippen molar-refractivity contribution >= 4 is 11.8 Å². The lowest BCUT2D eigenvalue weighted by molar-refractivity contribution is -0.145. The van der Waals surface area contributed by atoms with Gasteiger partial charge in [0.1, 0.15) is 12.3 Å². The highest BCUT2D eigenvalue weighted by Gasteiger charge is 2.13. The Labute approximate surface area is 173 Å². The van der Waals surface area contributed by atoms with Gasteiger partial charge in [-0.05, 0) is 23.3 Å². The minimum atomic E-state index is -0.466. The average molecular weight is 401 g/mol. The maximum absolute atomic E-state index is 12.4. The zero-order chi connectivity index (χ0) is 20.8. The number of Topliss-reactive ketones (excluding diaryl/α,β-unsaturated/α-hetero) is 1. The molecule has 0 atom stereocenters. The van der Waals surface area contributed by atoms with E-state index in [-0.39, 0.29) is 25.2 Å². The highest BCUT2D eigenvalue weighted by Crippen LogP contribution is 2.21. The number of esters is 1. The molecule has 0 radical (unpaired) electrons. The molecule has 4 aromatic rings. The summed E-state index contributed by atoms with van der Waals surface area (Å²) in [4.78, 5) is 24.3. The van der Waals surface area contributed by atoms with E-state index in [4.69, 9.17) is 13.7 Å². The molecule has 0 fully saturated rings. The van der Waals surface area contributed by atoms with Crippen LogP contribution in [-0.4, -0.2) is 16.9 Å². The minimum absolute atomic E-state index is 0.00215. The molecule has 6 heteroatoms. The van der Waals surface area contributed by atoms with E-state index in [1.165, 1.54) is 6.26 Å². The summed E-state index contributed by atoms with van der Waals surface area (Å²) in [5.41, 5.74) is 3.16. The molecule has 150 valence electrons. The lowest BCUT2D eigenvalue weighted by Gasteiger charge is -2.05. The fraction of sp³-hybridized carbons (Fsp3) is 0.125. The molecule has 0 aliphatic carbocycles. The topological polar surface area (TPSA) is 82.5 Å². The SMILES string of the molecule is O=C(CCC(=O)c1ccc(-c2ccccc2)cc1)OCc1cc(-c2ccco2)on1. The Kier molecular flexibility index (Phi) is 5.85. The van der Waals surface area contributed by atoms with Crippen molar-refractivity contribution in [3.05, 3.63) is 90.3 Å². The molecule has 0 aliphatic heterocycles. The third-order valence-corrected chi connectivity index (χ3v) is 4.57. The first kappa shape index (κ1) is 19.4. The van der Waals surface area contributed by atoms with Crippen LogP contribution in [0, 0.1) is 0 Å². The zero-order valence-corrected chi connectivity index (χ0v) is 16.1. The van der Waals surface area contributed by atoms with Crippen molar-refractivity contribution in [2.24, 2.45) is 0 Å². The van der Waals surface area contributed by atoms with Gasteiger partial charge in [0.05, 0.1) is 12.7 Å². The van der Waals surface area contributed by atoms with Gasteiger partial charge in [0, 0.05) is 18.1 Å². The van der Waals surface area contributed by atoms with Gasteiger partial charge in [-0.3, -0.25) is 9.59 Å². The van der Waals surface area contributed by atoms with Crippen LogP contribution in [0.3, 0.4) is 0 Å². The molecule has 4 rings (SSSR count). The van der Waals surface area contributed by atoms with Crippen molar-refractivity contribution in [2.75, 3.05) is 0 Å². The number of rotatable bonds is 8. The van der Waals surface area contributed by atoms with Gasteiger partial charge in [-0.1, -0.05) is 59.8 Å². The number of carbonyl (C=O) groups excluding carboxylic acids is 2. The molecule has 6 nitrogen and oxygen atoms in total. The molecule has 0 N–H and O–H groups in total. The number of hydrogen-bond acceptors (Lipinski definition) is 6. The fourth-order valence-electron chi connectivity index (χ4n) is 2.98. The second-order valence-electron chi connectivity index (χ2n) is 6.69. The van der Waals surface area contributed by atoms with Gasteiger partial charge in [0.25, 0.3) is 0 Å². The Bertz CT molecular complexity index is 1110. The summed E-state index contributed by atoms with van der Waals surface area (Å²) in [5.74, 6) is 0.434. The lowest BCUT2D eigenvalue weighted by Crippen LogP contribution is -2.08. The van der Waals surface area contributed by atoms with E-state index >= 15 is 0 Å². The maximum atomic E-state index is 12.4. The quantitative estimate of drug-likeness (QED) is 0.294. The van der Waals surface area contributed by atoms with Gasteiger partial charge < -0.3 is 13.7 Å². The third-order valence-electron chi connectivity index (χ3n) is 4.57. The number of aromatic nitrogens is 1. The van der Waals surface area contributed by atoms with E-state index in [2.05, 4.69) is 5.16 Å². The smallest absolute Gasteiger partial charge is 0.306 e. The van der Waals surface area contributed by atoms with Crippen molar-refractivity contribution in [2.45, 2.75) is 19.4 Å². The summed E-state index contributed by atoms with van der Waals surface area (Å²) >= 11 is 0. The highest BCUT2D eigenvalue weighted by molar-refractivity contribution is 5.97. The highest BCUT2D eigenvalue weighted by atomic mass is 16.5. The van der Waals surface area contributed by atoms with Crippen LogP contribution in [0.2, 0.25) is 0 Å². The largest absolute Gasteiger partial charge is 0.461 e. The molecular formula is C24H19NO5. The van der Waals surface area contributed by atoms with Crippen LogP contribution in [0.4, 0.5) is 0 Å². The normalized spacial score (nSPS) is 10.7. The monoisotopic (exact) mass is 401 g/mol. The maximum Gasteiger partial charge on any atom is 0.306 e. The number of ether oxygens (including phenoxy) is 1. The lowest BCUT2D eigenvalue weighted by atomic mass is 10.0. The molecule has 2 aromatic heterocycles. The number of furan rings is 1. The molecule has 0 spiro atoms. The summed E-state index contributed by atoms with van der Waals surface area (Å²) in [6.45, 7) is -0.0248. The summed E-state index contributed by atoms with van der Waals surface area (Å²) < 4.78 is 15.5. The van der Waals surface area contributed by atoms with Gasteiger partial charge in [-0.25, -0.2) is 0 Å². The predicted molar refractivity (Wildman–Crippen MR) is 109 cm³/mol. The number of benzene rings is 2. The fourth-order valence-corrected chi connectivity index (χ4v) is 2.98. The molecule has 2 heterocycles. The molecule has 2 aromatic carbocycles. The number of hydrogen-bond donors (Lipinski definition) is 0. The van der Waals surface area contributed by atoms with Gasteiger partial charge in [0.2, 0.25) is 5.76 Å². The van der Waals surface area contributed by atoms with Crippen LogP contribution < -0.4 is 0 Å². The Morgan fingerprint density at radius 1 is 0.833 bits per heavy atom. The first-order valence-corrected chi connectivity index (χ1v) is 9.53. The van der Waals surface area contributed by atoms with E-state index in [1.807, 2.05) is 42.5 Å². The average Bonchev–Trinajstić information content (AvgIpc) is 3.49. The summed E-state index contributed by atoms with van der Waals surface area (Å²) in [7, 11) is 0. The van der Waals surface area contributed by atoms with Crippen molar-refractivity contribution < 1.29 is 23.3 Å². The van der Waals surface area contributed by atoms with E-state index in [9.17, 15) is 9.59 Å². The van der Waals surface area contributed by atoms with Gasteiger partial charge in [-0.2, -0.15) is 0 Å². The zero-order valence-electron chi connectivity index (χ0n) is 16.1. The second-order valence-corrected chi connectivity index (χ2v) is 6.69. The van der Waals surface area contributed by atoms with Crippen molar-refractivity contribution in [3.63, 3.8) is 0 Å². The van der Waals surface area contributed by atoms with Gasteiger partial charge in [-0.15, -0.1) is 0 Å². The first-order valence-electron chi connectivity index (χ1n) is 9.53. The number of nitrogens with zero attached hydrogens (tertiary/aromatic N) is 1. The number of ketones is 1. The van der Waals surface area contributed by atoms with Crippen molar-refractivity contribution in [3.8, 4) is 22.6 Å². The van der Waals surface area contributed by atoms with Crippen LogP contribution in [0.1, 0.15) is 28.9 Å². The molecule has 0 unspecified atom stereocenters. The van der Waals surface area contributed by atoms with E-state index in [0.29, 0.717) is 22.8 Å². The van der Waals surface area contributed by atoms with Crippen molar-refractivity contribution in [1.82, 2.24) is 5.16 Å². The summed E-state index contributed by atoms with van der Waals surface area (Å²) in [6, 6.07) is 22.4. The summed E-state index contributed by atoms with van der Waals surface area (Å²) in [5, 5.41) is 3.84. The first-order chi connectivity index (χ1) is 14.7. The molecule has 0 saturated carbocycles. The van der Waals surface area contributed by atoms with Crippen molar-refractivity contribution in [1.29, 1.82) is 0 Å². The van der Waals surface area contributed by atoms with Crippen LogP contribution in [-0.2, 0) is 16.1 Å². The standard InChI is InChI=1S/C24H19NO5/c26-21(19-10-8-18(9-11-19)17-5-2-1-3-6-17)12-13-24(27)29-16-20-15-23(30-25-20)22-7-4-14-28-22/h1-11,14-15H,12-13,16H2. The molecular weight excluding hydrogens is 382 g/mol. The van der Waals surface area contributed by atoms with E-state index in [1.54, 1.807) is 30.3 Å². The third kappa shape index (κ3) is 4.72.